The highest BCUT2D eigenvalue weighted by Crippen LogP contribution is 2.48. The molecule has 0 saturated carbocycles. The fourth-order valence-corrected chi connectivity index (χ4v) is 0.855. The van der Waals surface area contributed by atoms with Crippen LogP contribution in [0.3, 0.4) is 0 Å². The third kappa shape index (κ3) is 2.97. The number of nitrogens with zero attached hydrogens (tertiary/aromatic N) is 1. The van der Waals surface area contributed by atoms with E-state index in [-0.39, 0.29) is 0 Å². The van der Waals surface area contributed by atoms with Crippen LogP contribution in [-0.4, -0.2) is 18.0 Å². The lowest BCUT2D eigenvalue weighted by Crippen LogP contribution is -2.53. The Labute approximate surface area is 80.5 Å². The average Bonchev–Trinajstić information content (AvgIpc) is 2.00. The van der Waals surface area contributed by atoms with Gasteiger partial charge in [-0.1, -0.05) is 0 Å². The summed E-state index contributed by atoms with van der Waals surface area (Å²) >= 11 is 0. The number of rotatable bonds is 3. The van der Waals surface area contributed by atoms with Gasteiger partial charge < -0.3 is 0 Å². The Balaban J connectivity index is 4.83. The number of halogens is 7. The maximum Gasteiger partial charge on any atom is 0.431 e. The Morgan fingerprint density at radius 3 is 1.53 bits per heavy atom. The van der Waals surface area contributed by atoms with Crippen molar-refractivity contribution in [3.05, 3.63) is 0 Å². The number of unbranched alkanes of at least 4 members (excludes halogenated alkanes) is 1. The lowest BCUT2D eigenvalue weighted by atomic mass is 9.97. The molecule has 0 aliphatic carbocycles. The molecule has 0 atom stereocenters. The molecule has 0 bridgehead atoms. The fourth-order valence-electron chi connectivity index (χ4n) is 0.855. The van der Waals surface area contributed by atoms with Gasteiger partial charge in [0.1, 0.15) is 0 Å². The standard InChI is InChI=1S/C7H6F7N/c8-5(6(9,10)11,7(12,13)14)3-1-2-4-15/h1-3H2. The molecular weight excluding hydrogens is 231 g/mol. The molecule has 0 fully saturated rings. The minimum atomic E-state index is -6.01. The Morgan fingerprint density at radius 1 is 0.867 bits per heavy atom. The smallest absolute Gasteiger partial charge is 0.224 e. The lowest BCUT2D eigenvalue weighted by Gasteiger charge is -2.29. The highest BCUT2D eigenvalue weighted by Gasteiger charge is 2.71. The second kappa shape index (κ2) is 4.24. The quantitative estimate of drug-likeness (QED) is 0.544. The van der Waals surface area contributed by atoms with Crippen LogP contribution in [0.2, 0.25) is 0 Å². The van der Waals surface area contributed by atoms with E-state index < -0.39 is 37.3 Å². The summed E-state index contributed by atoms with van der Waals surface area (Å²) in [6, 6.07) is 1.34. The van der Waals surface area contributed by atoms with Gasteiger partial charge in [0.25, 0.3) is 5.67 Å². The second-order valence-electron chi connectivity index (χ2n) is 2.81. The molecule has 88 valence electrons. The van der Waals surface area contributed by atoms with Gasteiger partial charge in [-0.2, -0.15) is 31.6 Å². The molecule has 0 aromatic carbocycles. The van der Waals surface area contributed by atoms with Crippen molar-refractivity contribution in [2.75, 3.05) is 0 Å². The minimum absolute atomic E-state index is 0.558. The zero-order valence-electron chi connectivity index (χ0n) is 7.21. The molecular formula is C7H6F7N. The molecule has 0 aromatic heterocycles. The molecule has 0 aromatic rings. The molecule has 8 heteroatoms. The summed E-state index contributed by atoms with van der Waals surface area (Å²) in [5, 5.41) is 7.93. The summed E-state index contributed by atoms with van der Waals surface area (Å²) in [7, 11) is 0. The maximum atomic E-state index is 12.8. The van der Waals surface area contributed by atoms with Crippen LogP contribution in [0.4, 0.5) is 30.7 Å². The predicted molar refractivity (Wildman–Crippen MR) is 35.4 cm³/mol. The van der Waals surface area contributed by atoms with Crippen LogP contribution in [0.15, 0.2) is 0 Å². The summed E-state index contributed by atoms with van der Waals surface area (Å²) < 4.78 is 83.9. The molecule has 1 nitrogen and oxygen atoms in total. The SMILES string of the molecule is N#CCCCC(F)(C(F)(F)F)C(F)(F)F. The van der Waals surface area contributed by atoms with Crippen LogP contribution in [0.5, 0.6) is 0 Å². The van der Waals surface area contributed by atoms with Gasteiger partial charge in [0, 0.05) is 12.8 Å². The zero-order valence-corrected chi connectivity index (χ0v) is 7.21. The van der Waals surface area contributed by atoms with Crippen molar-refractivity contribution < 1.29 is 30.7 Å². The number of hydrogen-bond donors (Lipinski definition) is 0. The van der Waals surface area contributed by atoms with Crippen molar-refractivity contribution in [2.24, 2.45) is 0 Å². The fraction of sp³-hybridized carbons (Fsp3) is 0.857. The van der Waals surface area contributed by atoms with Gasteiger partial charge in [-0.3, -0.25) is 0 Å². The largest absolute Gasteiger partial charge is 0.431 e. The Kier molecular flexibility index (Phi) is 3.96. The highest BCUT2D eigenvalue weighted by molar-refractivity contribution is 4.94. The highest BCUT2D eigenvalue weighted by atomic mass is 19.4. The topological polar surface area (TPSA) is 23.8 Å². The molecule has 0 aliphatic heterocycles. The normalized spacial score (nSPS) is 13.7. The van der Waals surface area contributed by atoms with Gasteiger partial charge in [0.2, 0.25) is 0 Å². The first-order valence-corrected chi connectivity index (χ1v) is 3.75. The van der Waals surface area contributed by atoms with E-state index >= 15 is 0 Å². The van der Waals surface area contributed by atoms with Crippen molar-refractivity contribution in [3.63, 3.8) is 0 Å². The molecule has 0 spiro atoms. The van der Waals surface area contributed by atoms with E-state index in [1.807, 2.05) is 0 Å². The number of hydrogen-bond acceptors (Lipinski definition) is 1. The number of nitriles is 1. The molecule has 0 unspecified atom stereocenters. The molecule has 0 rings (SSSR count). The van der Waals surface area contributed by atoms with Gasteiger partial charge in [0.05, 0.1) is 6.07 Å². The second-order valence-corrected chi connectivity index (χ2v) is 2.81. The average molecular weight is 237 g/mol. The first kappa shape index (κ1) is 14.0. The van der Waals surface area contributed by atoms with E-state index in [9.17, 15) is 30.7 Å². The van der Waals surface area contributed by atoms with E-state index in [0.29, 0.717) is 0 Å². The van der Waals surface area contributed by atoms with Gasteiger partial charge in [-0.15, -0.1) is 0 Å². The minimum Gasteiger partial charge on any atom is -0.224 e. The van der Waals surface area contributed by atoms with Crippen molar-refractivity contribution >= 4 is 0 Å². The van der Waals surface area contributed by atoms with E-state index in [4.69, 9.17) is 5.26 Å². The Bertz CT molecular complexity index is 232. The van der Waals surface area contributed by atoms with Crippen molar-refractivity contribution in [2.45, 2.75) is 37.3 Å². The molecule has 0 amide bonds. The summed E-state index contributed by atoms with van der Waals surface area (Å²) in [6.45, 7) is 0. The Hall–Kier alpha value is -1.00. The molecule has 0 radical (unpaired) electrons. The maximum absolute atomic E-state index is 12.8. The van der Waals surface area contributed by atoms with E-state index in [1.54, 1.807) is 0 Å². The summed E-state index contributed by atoms with van der Waals surface area (Å²) in [6.07, 6.45) is -15.2. The first-order valence-electron chi connectivity index (χ1n) is 3.75. The lowest BCUT2D eigenvalue weighted by molar-refractivity contribution is -0.343. The van der Waals surface area contributed by atoms with Crippen LogP contribution in [0.1, 0.15) is 19.3 Å². The zero-order chi connectivity index (χ0) is 12.3. The monoisotopic (exact) mass is 237 g/mol. The van der Waals surface area contributed by atoms with Crippen LogP contribution >= 0.6 is 0 Å². The van der Waals surface area contributed by atoms with Gasteiger partial charge in [0.15, 0.2) is 0 Å². The summed E-state index contributed by atoms with van der Waals surface area (Å²) in [5.41, 5.74) is -5.23. The molecule has 0 saturated heterocycles. The van der Waals surface area contributed by atoms with Gasteiger partial charge in [-0.05, 0) is 6.42 Å². The van der Waals surface area contributed by atoms with Gasteiger partial charge >= 0.3 is 12.4 Å². The van der Waals surface area contributed by atoms with Crippen LogP contribution in [-0.2, 0) is 0 Å². The van der Waals surface area contributed by atoms with Crippen LogP contribution in [0, 0.1) is 11.3 Å². The molecule has 0 heterocycles. The van der Waals surface area contributed by atoms with Crippen molar-refractivity contribution in [3.8, 4) is 6.07 Å². The molecule has 0 aliphatic rings. The Morgan fingerprint density at radius 2 is 1.27 bits per heavy atom. The number of alkyl halides is 7. The van der Waals surface area contributed by atoms with Crippen LogP contribution < -0.4 is 0 Å². The van der Waals surface area contributed by atoms with Crippen molar-refractivity contribution in [1.82, 2.24) is 0 Å². The van der Waals surface area contributed by atoms with Crippen LogP contribution in [0.25, 0.3) is 0 Å². The van der Waals surface area contributed by atoms with Gasteiger partial charge in [-0.25, -0.2) is 4.39 Å². The van der Waals surface area contributed by atoms with Crippen molar-refractivity contribution in [1.29, 1.82) is 5.26 Å². The van der Waals surface area contributed by atoms with E-state index in [1.165, 1.54) is 6.07 Å². The van der Waals surface area contributed by atoms with E-state index in [2.05, 4.69) is 0 Å². The molecule has 15 heavy (non-hydrogen) atoms. The summed E-state index contributed by atoms with van der Waals surface area (Å²) in [5.74, 6) is 0. The summed E-state index contributed by atoms with van der Waals surface area (Å²) in [4.78, 5) is 0. The predicted octanol–water partition coefficient (Wildman–Crippen LogP) is 3.51. The third-order valence-corrected chi connectivity index (χ3v) is 1.71. The third-order valence-electron chi connectivity index (χ3n) is 1.71. The molecule has 0 N–H and O–H groups in total. The first-order chi connectivity index (χ1) is 6.56. The van der Waals surface area contributed by atoms with E-state index in [0.717, 1.165) is 0 Å².